The van der Waals surface area contributed by atoms with Crippen molar-refractivity contribution in [2.75, 3.05) is 0 Å². The third-order valence-corrected chi connectivity index (χ3v) is 4.70. The van der Waals surface area contributed by atoms with Crippen molar-refractivity contribution in [1.82, 2.24) is 14.4 Å². The summed E-state index contributed by atoms with van der Waals surface area (Å²) in [7, 11) is 2.12. The van der Waals surface area contributed by atoms with Crippen LogP contribution in [-0.4, -0.2) is 14.4 Å². The number of imidazole rings is 1. The molecule has 0 atom stereocenters. The Labute approximate surface area is 132 Å². The average Bonchev–Trinajstić information content (AvgIpc) is 2.89. The molecule has 0 N–H and O–H groups in total. The Morgan fingerprint density at radius 2 is 1.87 bits per heavy atom. The molecule has 5 rings (SSSR count). The molecule has 0 bridgehead atoms. The lowest BCUT2D eigenvalue weighted by molar-refractivity contribution is -0.617. The Bertz CT molecular complexity index is 1230. The normalized spacial score (nSPS) is 11.9. The molecule has 3 aromatic heterocycles. The van der Waals surface area contributed by atoms with E-state index in [1.54, 1.807) is 6.33 Å². The van der Waals surface area contributed by atoms with Gasteiger partial charge in [0.2, 0.25) is 0 Å². The number of hydrogen-bond acceptors (Lipinski definition) is 2. The molecule has 110 valence electrons. The average molecular weight is 299 g/mol. The number of benzene rings is 2. The van der Waals surface area contributed by atoms with Crippen LogP contribution in [0.2, 0.25) is 0 Å². The molecule has 0 fully saturated rings. The van der Waals surface area contributed by atoms with E-state index in [1.807, 2.05) is 6.20 Å². The topological polar surface area (TPSA) is 34.1 Å². The molecule has 2 aromatic carbocycles. The van der Waals surface area contributed by atoms with E-state index < -0.39 is 0 Å². The molecular weight excluding hydrogens is 284 g/mol. The fourth-order valence-corrected chi connectivity index (χ4v) is 3.69. The summed E-state index contributed by atoms with van der Waals surface area (Å²) in [6.07, 6.45) is 3.53. The highest BCUT2D eigenvalue weighted by atomic mass is 15.1. The lowest BCUT2D eigenvalue weighted by atomic mass is 10.1. The zero-order chi connectivity index (χ0) is 15.6. The van der Waals surface area contributed by atoms with Crippen molar-refractivity contribution in [2.45, 2.75) is 6.92 Å². The van der Waals surface area contributed by atoms with Crippen molar-refractivity contribution in [3.8, 4) is 0 Å². The van der Waals surface area contributed by atoms with Crippen LogP contribution >= 0.6 is 0 Å². The highest BCUT2D eigenvalue weighted by Crippen LogP contribution is 2.31. The summed E-state index contributed by atoms with van der Waals surface area (Å²) in [5.74, 6) is 0. The summed E-state index contributed by atoms with van der Waals surface area (Å²) in [5, 5.41) is 2.42. The predicted octanol–water partition coefficient (Wildman–Crippen LogP) is 3.32. The smallest absolute Gasteiger partial charge is 0.240 e. The van der Waals surface area contributed by atoms with E-state index in [9.17, 15) is 0 Å². The second-order valence-corrected chi connectivity index (χ2v) is 5.96. The van der Waals surface area contributed by atoms with Crippen LogP contribution in [-0.2, 0) is 7.05 Å². The van der Waals surface area contributed by atoms with Crippen LogP contribution in [0.4, 0.5) is 0 Å². The van der Waals surface area contributed by atoms with E-state index in [2.05, 4.69) is 75.4 Å². The van der Waals surface area contributed by atoms with E-state index in [0.29, 0.717) is 0 Å². The van der Waals surface area contributed by atoms with Crippen LogP contribution in [0.3, 0.4) is 0 Å². The quantitative estimate of drug-likeness (QED) is 0.325. The number of hydrogen-bond donors (Lipinski definition) is 0. The number of para-hydroxylation sites is 2. The van der Waals surface area contributed by atoms with Gasteiger partial charge in [-0.3, -0.25) is 0 Å². The van der Waals surface area contributed by atoms with E-state index in [-0.39, 0.29) is 0 Å². The van der Waals surface area contributed by atoms with E-state index in [0.717, 1.165) is 11.0 Å². The number of aryl methyl sites for hydroxylation is 2. The molecule has 0 aliphatic heterocycles. The summed E-state index contributed by atoms with van der Waals surface area (Å²) in [5.41, 5.74) is 6.85. The molecule has 0 aliphatic rings. The van der Waals surface area contributed by atoms with Gasteiger partial charge in [-0.1, -0.05) is 30.3 Å². The Hall–Kier alpha value is -3.01. The van der Waals surface area contributed by atoms with E-state index >= 15 is 0 Å². The molecule has 0 saturated heterocycles. The number of rotatable bonds is 0. The first kappa shape index (κ1) is 12.5. The van der Waals surface area contributed by atoms with Crippen LogP contribution < -0.4 is 4.57 Å². The molecule has 23 heavy (non-hydrogen) atoms. The van der Waals surface area contributed by atoms with E-state index in [4.69, 9.17) is 0 Å². The summed E-state index contributed by atoms with van der Waals surface area (Å²) < 4.78 is 4.54. The maximum atomic E-state index is 4.58. The number of fused-ring (bicyclic) bond motifs is 8. The zero-order valence-electron chi connectivity index (χ0n) is 13.0. The summed E-state index contributed by atoms with van der Waals surface area (Å²) in [4.78, 5) is 8.84. The third kappa shape index (κ3) is 1.47. The van der Waals surface area contributed by atoms with Crippen LogP contribution in [0.15, 0.2) is 55.0 Å². The maximum Gasteiger partial charge on any atom is 0.295 e. The lowest BCUT2D eigenvalue weighted by Crippen LogP contribution is -2.27. The third-order valence-electron chi connectivity index (χ3n) is 4.70. The summed E-state index contributed by atoms with van der Waals surface area (Å²) in [6.45, 7) is 2.16. The van der Waals surface area contributed by atoms with Gasteiger partial charge in [0, 0.05) is 5.39 Å². The molecule has 0 spiro atoms. The number of aromatic nitrogens is 4. The highest BCUT2D eigenvalue weighted by Gasteiger charge is 2.24. The van der Waals surface area contributed by atoms with Crippen LogP contribution in [0.25, 0.3) is 38.5 Å². The molecule has 0 radical (unpaired) electrons. The van der Waals surface area contributed by atoms with Gasteiger partial charge in [0.1, 0.15) is 11.8 Å². The molecule has 4 heteroatoms. The van der Waals surface area contributed by atoms with Gasteiger partial charge in [0.05, 0.1) is 18.6 Å². The van der Waals surface area contributed by atoms with Gasteiger partial charge in [-0.2, -0.15) is 4.40 Å². The van der Waals surface area contributed by atoms with Crippen molar-refractivity contribution < 1.29 is 4.57 Å². The molecule has 0 aliphatic carbocycles. The molecular formula is C19H15N4+. The van der Waals surface area contributed by atoms with Crippen molar-refractivity contribution in [3.05, 3.63) is 60.6 Å². The Morgan fingerprint density at radius 3 is 2.78 bits per heavy atom. The second-order valence-electron chi connectivity index (χ2n) is 5.96. The first-order chi connectivity index (χ1) is 11.3. The monoisotopic (exact) mass is 299 g/mol. The van der Waals surface area contributed by atoms with Crippen molar-refractivity contribution >= 4 is 38.5 Å². The minimum absolute atomic E-state index is 0.993. The second kappa shape index (κ2) is 4.26. The van der Waals surface area contributed by atoms with Gasteiger partial charge >= 0.3 is 0 Å². The first-order valence-corrected chi connectivity index (χ1v) is 7.67. The van der Waals surface area contributed by atoms with Gasteiger partial charge in [-0.15, -0.1) is 0 Å². The first-order valence-electron chi connectivity index (χ1n) is 7.67. The molecule has 3 heterocycles. The van der Waals surface area contributed by atoms with Gasteiger partial charge in [0.15, 0.2) is 16.6 Å². The van der Waals surface area contributed by atoms with Crippen LogP contribution in [0.1, 0.15) is 5.56 Å². The summed E-state index contributed by atoms with van der Waals surface area (Å²) in [6, 6.07) is 14.9. The zero-order valence-corrected chi connectivity index (χ0v) is 13.0. The minimum atomic E-state index is 0.993. The number of nitrogens with zero attached hydrogens (tertiary/aromatic N) is 4. The van der Waals surface area contributed by atoms with Crippen molar-refractivity contribution in [3.63, 3.8) is 0 Å². The minimum Gasteiger partial charge on any atom is -0.240 e. The molecule has 4 nitrogen and oxygen atoms in total. The maximum absolute atomic E-state index is 4.58. The standard InChI is InChI=1S/C19H15N4/c1-12-6-5-7-13-17(12)19-22(2)14-8-3-4-9-15(14)23(19)16-10-20-11-21-18(13)16/h3-11H,1-2H3/q+1. The number of pyridine rings is 1. The van der Waals surface area contributed by atoms with Gasteiger partial charge in [0.25, 0.3) is 5.65 Å². The summed E-state index contributed by atoms with van der Waals surface area (Å²) >= 11 is 0. The Kier molecular flexibility index (Phi) is 2.32. The molecule has 5 aromatic rings. The van der Waals surface area contributed by atoms with Crippen LogP contribution in [0, 0.1) is 6.92 Å². The van der Waals surface area contributed by atoms with Gasteiger partial charge in [-0.05, 0) is 24.6 Å². The van der Waals surface area contributed by atoms with Gasteiger partial charge in [-0.25, -0.2) is 14.5 Å². The van der Waals surface area contributed by atoms with E-state index in [1.165, 1.54) is 33.0 Å². The van der Waals surface area contributed by atoms with Crippen molar-refractivity contribution in [1.29, 1.82) is 0 Å². The fourth-order valence-electron chi connectivity index (χ4n) is 3.69. The van der Waals surface area contributed by atoms with Crippen LogP contribution in [0.5, 0.6) is 0 Å². The molecule has 0 unspecified atom stereocenters. The lowest BCUT2D eigenvalue weighted by Gasteiger charge is -2.05. The molecule has 0 amide bonds. The SMILES string of the molecule is Cc1cccc2c3ncncc3n3c4ccccc4[n+](C)c3c12. The Morgan fingerprint density at radius 1 is 1.00 bits per heavy atom. The molecule has 0 saturated carbocycles. The van der Waals surface area contributed by atoms with Gasteiger partial charge < -0.3 is 0 Å². The van der Waals surface area contributed by atoms with Crippen molar-refractivity contribution in [2.24, 2.45) is 7.05 Å². The highest BCUT2D eigenvalue weighted by molar-refractivity contribution is 6.11. The fraction of sp³-hybridized carbons (Fsp3) is 0.105. The Balaban J connectivity index is 2.30. The predicted molar refractivity (Wildman–Crippen MR) is 91.4 cm³/mol. The largest absolute Gasteiger partial charge is 0.295 e.